The lowest BCUT2D eigenvalue weighted by atomic mass is 10.1. The third kappa shape index (κ3) is 6.90. The zero-order valence-corrected chi connectivity index (χ0v) is 18.7. The molecule has 154 valence electrons. The molecule has 0 bridgehead atoms. The first kappa shape index (κ1) is 23.0. The molecule has 2 aromatic rings. The van der Waals surface area contributed by atoms with E-state index in [0.717, 1.165) is 11.3 Å². The van der Waals surface area contributed by atoms with Gasteiger partial charge in [0.05, 0.1) is 5.56 Å². The second-order valence-corrected chi connectivity index (χ2v) is 8.12. The molecule has 0 aliphatic rings. The summed E-state index contributed by atoms with van der Waals surface area (Å²) in [6, 6.07) is 13.5. The predicted molar refractivity (Wildman–Crippen MR) is 120 cm³/mol. The zero-order chi connectivity index (χ0) is 21.2. The lowest BCUT2D eigenvalue weighted by Gasteiger charge is -2.19. The van der Waals surface area contributed by atoms with Crippen LogP contribution in [-0.2, 0) is 11.3 Å². The molecule has 0 heterocycles. The van der Waals surface area contributed by atoms with Crippen molar-refractivity contribution >= 4 is 45.4 Å². The molecule has 6 nitrogen and oxygen atoms in total. The van der Waals surface area contributed by atoms with Crippen molar-refractivity contribution in [3.05, 3.63) is 69.7 Å². The molecule has 1 atom stereocenters. The zero-order valence-electron chi connectivity index (χ0n) is 16.3. The highest BCUT2D eigenvalue weighted by molar-refractivity contribution is 9.10. The van der Waals surface area contributed by atoms with E-state index in [1.807, 2.05) is 18.4 Å². The standard InChI is InChI=1S/C21H24BrN3O3S/c1-23-19(26)15-7-5-6-14(12-15)13-24-21(28)18(10-11-29-2)25-20(27)16-8-3-4-9-17(16)22/h3-9,12,18H,10-11,13H2,1-2H3,(H,23,26)(H,24,28)(H,25,27). The molecule has 0 saturated heterocycles. The number of rotatable bonds is 9. The van der Waals surface area contributed by atoms with Crippen LogP contribution in [0, 0.1) is 0 Å². The Morgan fingerprint density at radius 3 is 2.52 bits per heavy atom. The van der Waals surface area contributed by atoms with Crippen molar-refractivity contribution in [3.8, 4) is 0 Å². The van der Waals surface area contributed by atoms with E-state index in [0.29, 0.717) is 22.0 Å². The molecule has 3 N–H and O–H groups in total. The monoisotopic (exact) mass is 477 g/mol. The van der Waals surface area contributed by atoms with Gasteiger partial charge < -0.3 is 16.0 Å². The number of carbonyl (C=O) groups excluding carboxylic acids is 3. The number of halogens is 1. The van der Waals surface area contributed by atoms with Crippen LogP contribution in [0.25, 0.3) is 0 Å². The largest absolute Gasteiger partial charge is 0.355 e. The summed E-state index contributed by atoms with van der Waals surface area (Å²) >= 11 is 4.97. The van der Waals surface area contributed by atoms with E-state index in [4.69, 9.17) is 0 Å². The maximum atomic E-state index is 12.7. The summed E-state index contributed by atoms with van der Waals surface area (Å²) < 4.78 is 0.674. The Morgan fingerprint density at radius 1 is 1.07 bits per heavy atom. The highest BCUT2D eigenvalue weighted by atomic mass is 79.9. The average molecular weight is 478 g/mol. The summed E-state index contributed by atoms with van der Waals surface area (Å²) in [5, 5.41) is 8.26. The number of benzene rings is 2. The molecule has 3 amide bonds. The topological polar surface area (TPSA) is 87.3 Å². The van der Waals surface area contributed by atoms with Gasteiger partial charge in [0.2, 0.25) is 5.91 Å². The van der Waals surface area contributed by atoms with Gasteiger partial charge in [-0.2, -0.15) is 11.8 Å². The fourth-order valence-electron chi connectivity index (χ4n) is 2.67. The van der Waals surface area contributed by atoms with Crippen LogP contribution in [0.3, 0.4) is 0 Å². The molecule has 0 spiro atoms. The van der Waals surface area contributed by atoms with Crippen molar-refractivity contribution in [2.24, 2.45) is 0 Å². The highest BCUT2D eigenvalue weighted by Crippen LogP contribution is 2.16. The fourth-order valence-corrected chi connectivity index (χ4v) is 3.60. The fraction of sp³-hybridized carbons (Fsp3) is 0.286. The van der Waals surface area contributed by atoms with E-state index in [1.54, 1.807) is 55.2 Å². The van der Waals surface area contributed by atoms with Crippen LogP contribution in [0.2, 0.25) is 0 Å². The summed E-state index contributed by atoms with van der Waals surface area (Å²) in [4.78, 5) is 37.1. The molecular weight excluding hydrogens is 454 g/mol. The van der Waals surface area contributed by atoms with Gasteiger partial charge in [-0.15, -0.1) is 0 Å². The van der Waals surface area contributed by atoms with E-state index in [2.05, 4.69) is 31.9 Å². The van der Waals surface area contributed by atoms with Crippen LogP contribution in [0.1, 0.15) is 32.7 Å². The van der Waals surface area contributed by atoms with Crippen LogP contribution in [0.5, 0.6) is 0 Å². The van der Waals surface area contributed by atoms with Gasteiger partial charge in [0, 0.05) is 23.6 Å². The Kier molecular flexibility index (Phi) is 9.21. The van der Waals surface area contributed by atoms with Crippen LogP contribution < -0.4 is 16.0 Å². The smallest absolute Gasteiger partial charge is 0.253 e. The first-order chi connectivity index (χ1) is 14.0. The van der Waals surface area contributed by atoms with E-state index < -0.39 is 6.04 Å². The van der Waals surface area contributed by atoms with Crippen molar-refractivity contribution in [1.29, 1.82) is 0 Å². The van der Waals surface area contributed by atoms with E-state index >= 15 is 0 Å². The average Bonchev–Trinajstić information content (AvgIpc) is 2.74. The van der Waals surface area contributed by atoms with E-state index in [1.165, 1.54) is 0 Å². The number of hydrogen-bond donors (Lipinski definition) is 3. The minimum atomic E-state index is -0.649. The summed E-state index contributed by atoms with van der Waals surface area (Å²) in [5.74, 6) is -0.0117. The molecule has 29 heavy (non-hydrogen) atoms. The van der Waals surface area contributed by atoms with Crippen molar-refractivity contribution in [2.45, 2.75) is 19.0 Å². The third-order valence-corrected chi connectivity index (χ3v) is 5.57. The van der Waals surface area contributed by atoms with Gasteiger partial charge in [0.15, 0.2) is 0 Å². The molecule has 0 saturated carbocycles. The van der Waals surface area contributed by atoms with E-state index in [9.17, 15) is 14.4 Å². The maximum absolute atomic E-state index is 12.7. The summed E-state index contributed by atoms with van der Waals surface area (Å²) in [5.41, 5.74) is 1.81. The number of carbonyl (C=O) groups is 3. The molecule has 1 unspecified atom stereocenters. The Morgan fingerprint density at radius 2 is 1.83 bits per heavy atom. The molecular formula is C21H24BrN3O3S. The second kappa shape index (κ2) is 11.6. The molecule has 0 aliphatic carbocycles. The number of thioether (sulfide) groups is 1. The second-order valence-electron chi connectivity index (χ2n) is 6.28. The van der Waals surface area contributed by atoms with Crippen molar-refractivity contribution in [2.75, 3.05) is 19.1 Å². The lowest BCUT2D eigenvalue weighted by molar-refractivity contribution is -0.123. The van der Waals surface area contributed by atoms with Gasteiger partial charge in [0.1, 0.15) is 6.04 Å². The molecule has 0 aromatic heterocycles. The predicted octanol–water partition coefficient (Wildman–Crippen LogP) is 2.98. The van der Waals surface area contributed by atoms with E-state index in [-0.39, 0.29) is 24.3 Å². The minimum absolute atomic E-state index is 0.184. The number of nitrogens with one attached hydrogen (secondary N) is 3. The molecule has 0 aliphatic heterocycles. The van der Waals surface area contributed by atoms with Crippen LogP contribution >= 0.6 is 27.7 Å². The van der Waals surface area contributed by atoms with Crippen molar-refractivity contribution < 1.29 is 14.4 Å². The van der Waals surface area contributed by atoms with Crippen LogP contribution in [0.15, 0.2) is 53.0 Å². The van der Waals surface area contributed by atoms with Gasteiger partial charge in [-0.25, -0.2) is 0 Å². The lowest BCUT2D eigenvalue weighted by Crippen LogP contribution is -2.47. The van der Waals surface area contributed by atoms with Crippen LogP contribution in [0.4, 0.5) is 0 Å². The first-order valence-electron chi connectivity index (χ1n) is 9.09. The minimum Gasteiger partial charge on any atom is -0.355 e. The molecule has 0 fully saturated rings. The van der Waals surface area contributed by atoms with Gasteiger partial charge >= 0.3 is 0 Å². The summed E-state index contributed by atoms with van der Waals surface area (Å²) in [7, 11) is 1.57. The Balaban J connectivity index is 2.04. The number of amides is 3. The van der Waals surface area contributed by atoms with Crippen molar-refractivity contribution in [3.63, 3.8) is 0 Å². The van der Waals surface area contributed by atoms with Gasteiger partial charge in [-0.3, -0.25) is 14.4 Å². The molecule has 2 aromatic carbocycles. The Labute approximate surface area is 183 Å². The van der Waals surface area contributed by atoms with Crippen LogP contribution in [-0.4, -0.2) is 42.8 Å². The molecule has 8 heteroatoms. The quantitative estimate of drug-likeness (QED) is 0.517. The normalized spacial score (nSPS) is 11.4. The molecule has 0 radical (unpaired) electrons. The Hall–Kier alpha value is -2.32. The van der Waals surface area contributed by atoms with Gasteiger partial charge in [-0.1, -0.05) is 24.3 Å². The number of hydrogen-bond acceptors (Lipinski definition) is 4. The maximum Gasteiger partial charge on any atom is 0.253 e. The first-order valence-corrected chi connectivity index (χ1v) is 11.3. The summed E-state index contributed by atoms with van der Waals surface area (Å²) in [6.45, 7) is 0.268. The Bertz CT molecular complexity index is 876. The summed E-state index contributed by atoms with van der Waals surface area (Å²) in [6.07, 6.45) is 2.47. The van der Waals surface area contributed by atoms with Crippen molar-refractivity contribution in [1.82, 2.24) is 16.0 Å². The highest BCUT2D eigenvalue weighted by Gasteiger charge is 2.22. The SMILES string of the molecule is CNC(=O)c1cccc(CNC(=O)C(CCSC)NC(=O)c2ccccc2Br)c1. The molecule has 2 rings (SSSR count). The third-order valence-electron chi connectivity index (χ3n) is 4.23. The van der Waals surface area contributed by atoms with Gasteiger partial charge in [-0.05, 0) is 64.2 Å². The van der Waals surface area contributed by atoms with Gasteiger partial charge in [0.25, 0.3) is 11.8 Å².